The maximum atomic E-state index is 6.57. The third-order valence-electron chi connectivity index (χ3n) is 5.74. The molecule has 5 rings (SSSR count). The van der Waals surface area contributed by atoms with Gasteiger partial charge in [0.25, 0.3) is 0 Å². The Morgan fingerprint density at radius 1 is 0.727 bits per heavy atom. The molecule has 4 aromatic carbocycles. The molecule has 162 valence electrons. The van der Waals surface area contributed by atoms with Crippen LogP contribution in [-0.2, 0) is 12.4 Å². The predicted octanol–water partition coefficient (Wildman–Crippen LogP) is 8.25. The van der Waals surface area contributed by atoms with Gasteiger partial charge in [-0.15, -0.1) is 11.8 Å². The van der Waals surface area contributed by atoms with E-state index < -0.39 is 0 Å². The second-order valence-electron chi connectivity index (χ2n) is 7.77. The molecule has 0 saturated carbocycles. The van der Waals surface area contributed by atoms with Crippen LogP contribution in [0.1, 0.15) is 12.0 Å². The van der Waals surface area contributed by atoms with Gasteiger partial charge in [0.15, 0.2) is 0 Å². The fraction of sp³-hybridized carbons (Fsp3) is 0.0714. The summed E-state index contributed by atoms with van der Waals surface area (Å²) in [7, 11) is 0. The van der Waals surface area contributed by atoms with E-state index in [0.29, 0.717) is 11.4 Å². The van der Waals surface area contributed by atoms with Crippen LogP contribution in [0.4, 0.5) is 28.4 Å². The Balaban J connectivity index is 1.53. The maximum absolute atomic E-state index is 6.57. The van der Waals surface area contributed by atoms with E-state index in [1.165, 1.54) is 4.91 Å². The molecule has 3 nitrogen and oxygen atoms in total. The van der Waals surface area contributed by atoms with Crippen molar-refractivity contribution in [3.63, 3.8) is 0 Å². The van der Waals surface area contributed by atoms with Crippen molar-refractivity contribution in [3.05, 3.63) is 109 Å². The van der Waals surface area contributed by atoms with Crippen molar-refractivity contribution >= 4 is 57.5 Å². The van der Waals surface area contributed by atoms with Gasteiger partial charge in [0, 0.05) is 51.3 Å². The van der Waals surface area contributed by atoms with Gasteiger partial charge in [-0.05, 0) is 48.4 Å². The molecule has 0 bridgehead atoms. The molecule has 0 saturated heterocycles. The number of allylic oxidation sites excluding steroid dienone is 1. The number of rotatable bonds is 6. The van der Waals surface area contributed by atoms with Gasteiger partial charge < -0.3 is 10.6 Å². The smallest absolute Gasteiger partial charge is 0.109 e. The van der Waals surface area contributed by atoms with E-state index in [2.05, 4.69) is 100 Å². The quantitative estimate of drug-likeness (QED) is 0.291. The number of para-hydroxylation sites is 2. The number of nitrogens with two attached hydrogens (primary N) is 1. The van der Waals surface area contributed by atoms with Gasteiger partial charge in [-0.2, -0.15) is 4.36 Å². The van der Waals surface area contributed by atoms with Crippen LogP contribution in [0.2, 0.25) is 0 Å². The van der Waals surface area contributed by atoms with E-state index in [-0.39, 0.29) is 0 Å². The van der Waals surface area contributed by atoms with Gasteiger partial charge in [-0.25, -0.2) is 0 Å². The molecule has 33 heavy (non-hydrogen) atoms. The van der Waals surface area contributed by atoms with E-state index in [1.54, 1.807) is 0 Å². The van der Waals surface area contributed by atoms with Gasteiger partial charge in [0.05, 0.1) is 5.69 Å². The molecule has 0 amide bonds. The summed E-state index contributed by atoms with van der Waals surface area (Å²) in [4.78, 5) is 3.46. The number of hydrogen-bond acceptors (Lipinski definition) is 5. The molecule has 4 aromatic rings. The topological polar surface area (TPSA) is 41.6 Å². The fourth-order valence-corrected chi connectivity index (χ4v) is 5.36. The molecule has 1 heterocycles. The lowest BCUT2D eigenvalue weighted by Crippen LogP contribution is -2.09. The van der Waals surface area contributed by atoms with Crippen molar-refractivity contribution in [1.82, 2.24) is 0 Å². The largest absolute Gasteiger partial charge is 0.396 e. The van der Waals surface area contributed by atoms with Crippen molar-refractivity contribution in [2.24, 2.45) is 4.36 Å². The summed E-state index contributed by atoms with van der Waals surface area (Å²) in [6.45, 7) is 0. The lowest BCUT2D eigenvalue weighted by atomic mass is 9.99. The maximum Gasteiger partial charge on any atom is 0.109 e. The molecule has 0 aromatic heterocycles. The molecule has 1 aliphatic rings. The van der Waals surface area contributed by atoms with Crippen molar-refractivity contribution in [3.8, 4) is 11.1 Å². The van der Waals surface area contributed by atoms with Crippen LogP contribution in [-0.4, -0.2) is 5.75 Å². The molecule has 5 heteroatoms. The number of benzene rings is 4. The molecule has 1 aliphatic heterocycles. The first-order valence-electron chi connectivity index (χ1n) is 10.9. The van der Waals surface area contributed by atoms with E-state index >= 15 is 0 Å². The molecule has 2 N–H and O–H groups in total. The Labute approximate surface area is 204 Å². The number of nitrogen functional groups attached to an aromatic ring is 1. The van der Waals surface area contributed by atoms with Gasteiger partial charge in [0.2, 0.25) is 0 Å². The molecule has 0 spiro atoms. The molecule has 0 unspecified atom stereocenters. The van der Waals surface area contributed by atoms with Crippen LogP contribution in [0.15, 0.2) is 108 Å². The predicted molar refractivity (Wildman–Crippen MR) is 145 cm³/mol. The van der Waals surface area contributed by atoms with Crippen LogP contribution in [0.5, 0.6) is 0 Å². The summed E-state index contributed by atoms with van der Waals surface area (Å²) in [5.41, 5.74) is 14.2. The Bertz CT molecular complexity index is 1260. The second-order valence-corrected chi connectivity index (χ2v) is 9.09. The second kappa shape index (κ2) is 9.61. The molecule has 0 radical (unpaired) electrons. The zero-order valence-corrected chi connectivity index (χ0v) is 19.7. The minimum atomic E-state index is 0.631. The molecular formula is C28H23N3S2. The van der Waals surface area contributed by atoms with Gasteiger partial charge in [-0.1, -0.05) is 66.7 Å². The molecular weight excluding hydrogens is 442 g/mol. The van der Waals surface area contributed by atoms with Crippen molar-refractivity contribution < 1.29 is 0 Å². The highest BCUT2D eigenvalue weighted by Crippen LogP contribution is 2.45. The third-order valence-corrected chi connectivity index (χ3v) is 7.06. The number of nitrogens with zero attached hydrogens (tertiary/aromatic N) is 2. The summed E-state index contributed by atoms with van der Waals surface area (Å²) >= 11 is 6.93. The third kappa shape index (κ3) is 4.30. The summed E-state index contributed by atoms with van der Waals surface area (Å²) < 4.78 is 4.12. The van der Waals surface area contributed by atoms with Crippen LogP contribution in [0.3, 0.4) is 0 Å². The van der Waals surface area contributed by atoms with E-state index in [4.69, 9.17) is 18.2 Å². The summed E-state index contributed by atoms with van der Waals surface area (Å²) in [6, 6.07) is 33.4. The highest BCUT2D eigenvalue weighted by molar-refractivity contribution is 8.08. The van der Waals surface area contributed by atoms with E-state index in [0.717, 1.165) is 45.9 Å². The average molecular weight is 466 g/mol. The van der Waals surface area contributed by atoms with Gasteiger partial charge >= 0.3 is 0 Å². The van der Waals surface area contributed by atoms with Crippen LogP contribution in [0, 0.1) is 0 Å². The van der Waals surface area contributed by atoms with E-state index in [9.17, 15) is 0 Å². The Hall–Kier alpha value is -3.41. The lowest BCUT2D eigenvalue weighted by molar-refractivity contribution is 1.28. The van der Waals surface area contributed by atoms with Crippen molar-refractivity contribution in [1.29, 1.82) is 0 Å². The summed E-state index contributed by atoms with van der Waals surface area (Å²) in [5.74, 6) is 1.09. The molecule has 0 atom stereocenters. The Morgan fingerprint density at radius 3 is 1.85 bits per heavy atom. The van der Waals surface area contributed by atoms with Crippen LogP contribution < -0.4 is 10.6 Å². The number of hydrogen-bond donors (Lipinski definition) is 1. The zero-order valence-electron chi connectivity index (χ0n) is 18.0. The monoisotopic (exact) mass is 465 g/mol. The van der Waals surface area contributed by atoms with Crippen molar-refractivity contribution in [2.75, 3.05) is 16.4 Å². The number of anilines is 4. The van der Waals surface area contributed by atoms with Crippen LogP contribution >= 0.6 is 11.8 Å². The van der Waals surface area contributed by atoms with Gasteiger partial charge in [0.1, 0.15) is 5.69 Å². The first kappa shape index (κ1) is 21.4. The molecule has 0 aliphatic carbocycles. The summed E-state index contributed by atoms with van der Waals surface area (Å²) in [6.07, 6.45) is 3.30. The lowest BCUT2D eigenvalue weighted by Gasteiger charge is -2.25. The van der Waals surface area contributed by atoms with Crippen LogP contribution in [0.25, 0.3) is 16.0 Å². The normalized spacial score (nSPS) is 12.9. The minimum absolute atomic E-state index is 0.631. The average Bonchev–Trinajstić information content (AvgIpc) is 3.41. The standard InChI is InChI=1S/C28H23N3S2/c29-27-24(17-18-25(28(27)30-32)26-12-7-19-33-26)20-13-15-23(16-14-20)31(21-8-3-1-4-9-21)22-10-5-2-6-11-22/h1-6,8-18H,7,19,29H2. The first-order chi connectivity index (χ1) is 16.3. The Kier molecular flexibility index (Phi) is 6.24. The highest BCUT2D eigenvalue weighted by Gasteiger charge is 2.18. The molecule has 0 fully saturated rings. The fourth-order valence-electron chi connectivity index (χ4n) is 4.15. The SMILES string of the molecule is Nc1c(-c2ccc(N(c3ccccc3)c3ccccc3)cc2)ccc(C2=CCCS2)c1N=S. The minimum Gasteiger partial charge on any atom is -0.396 e. The van der Waals surface area contributed by atoms with Crippen molar-refractivity contribution in [2.45, 2.75) is 6.42 Å². The number of thioether (sulfide) groups is 1. The van der Waals surface area contributed by atoms with E-state index in [1.807, 2.05) is 23.9 Å². The summed E-state index contributed by atoms with van der Waals surface area (Å²) in [5, 5.41) is 0. The van der Waals surface area contributed by atoms with Gasteiger partial charge in [-0.3, -0.25) is 0 Å². The highest BCUT2D eigenvalue weighted by atomic mass is 32.2. The first-order valence-corrected chi connectivity index (χ1v) is 12.2. The Morgan fingerprint density at radius 2 is 1.30 bits per heavy atom. The zero-order chi connectivity index (χ0) is 22.6.